The summed E-state index contributed by atoms with van der Waals surface area (Å²) in [7, 11) is 0. The summed E-state index contributed by atoms with van der Waals surface area (Å²) in [5, 5.41) is 1.28. The van der Waals surface area contributed by atoms with Gasteiger partial charge in [-0.1, -0.05) is 31.2 Å². The van der Waals surface area contributed by atoms with Crippen LogP contribution in [0.5, 0.6) is 0 Å². The van der Waals surface area contributed by atoms with Crippen molar-refractivity contribution in [3.8, 4) is 0 Å². The standard InChI is InChI=1S/2C9H8N2O.C2H6S.C2H4/c2*1-6-10-8-5-3-2-4-7(8)9(12)11-6;1-2-3;1-2/h2*2-5H,1H3,(H,10,11,12);3H,2H2,1H3;1-2H2. The zero-order chi connectivity index (χ0) is 21.8. The molecule has 0 saturated carbocycles. The zero-order valence-electron chi connectivity index (χ0n) is 16.9. The third-order valence-corrected chi connectivity index (χ3v) is 3.46. The number of rotatable bonds is 0. The molecule has 0 saturated heterocycles. The molecule has 29 heavy (non-hydrogen) atoms. The Morgan fingerprint density at radius 3 is 1.45 bits per heavy atom. The van der Waals surface area contributed by atoms with Gasteiger partial charge >= 0.3 is 0 Å². The summed E-state index contributed by atoms with van der Waals surface area (Å²) in [6.07, 6.45) is 0. The summed E-state index contributed by atoms with van der Waals surface area (Å²) in [6.45, 7) is 11.5. The Bertz CT molecular complexity index is 1080. The van der Waals surface area contributed by atoms with Crippen LogP contribution in [0.4, 0.5) is 0 Å². The topological polar surface area (TPSA) is 91.5 Å². The molecule has 2 N–H and O–H groups in total. The number of H-pyrrole nitrogens is 2. The van der Waals surface area contributed by atoms with E-state index in [1.807, 2.05) is 43.3 Å². The molecule has 4 aromatic rings. The highest BCUT2D eigenvalue weighted by molar-refractivity contribution is 7.80. The molecule has 7 heteroatoms. The van der Waals surface area contributed by atoms with Crippen molar-refractivity contribution in [3.63, 3.8) is 0 Å². The Kier molecular flexibility index (Phi) is 10.1. The molecule has 0 radical (unpaired) electrons. The van der Waals surface area contributed by atoms with E-state index in [4.69, 9.17) is 0 Å². The molecule has 0 aliphatic rings. The fraction of sp³-hybridized carbons (Fsp3) is 0.182. The van der Waals surface area contributed by atoms with Crippen LogP contribution in [0.1, 0.15) is 18.6 Å². The van der Waals surface area contributed by atoms with E-state index in [9.17, 15) is 9.59 Å². The highest BCUT2D eigenvalue weighted by Gasteiger charge is 1.98. The molecule has 0 fully saturated rings. The predicted octanol–water partition coefficient (Wildman–Crippen LogP) is 4.20. The van der Waals surface area contributed by atoms with E-state index < -0.39 is 0 Å². The number of para-hydroxylation sites is 2. The summed E-state index contributed by atoms with van der Waals surface area (Å²) < 4.78 is 0. The lowest BCUT2D eigenvalue weighted by atomic mass is 10.2. The van der Waals surface area contributed by atoms with Crippen LogP contribution in [0.25, 0.3) is 21.8 Å². The number of hydrogen-bond donors (Lipinski definition) is 3. The maximum atomic E-state index is 11.3. The fourth-order valence-electron chi connectivity index (χ4n) is 2.41. The molecular weight excluding hydrogens is 384 g/mol. The molecular formula is C22H26N4O2S. The third kappa shape index (κ3) is 7.04. The second kappa shape index (κ2) is 12.3. The van der Waals surface area contributed by atoms with Crippen LogP contribution in [0.2, 0.25) is 0 Å². The van der Waals surface area contributed by atoms with Gasteiger partial charge in [0.15, 0.2) is 0 Å². The van der Waals surface area contributed by atoms with E-state index in [0.717, 1.165) is 16.8 Å². The molecule has 2 aromatic carbocycles. The minimum atomic E-state index is -0.0712. The molecule has 0 atom stereocenters. The minimum absolute atomic E-state index is 0.0712. The summed E-state index contributed by atoms with van der Waals surface area (Å²) in [5.41, 5.74) is 1.36. The van der Waals surface area contributed by atoms with Crippen LogP contribution in [-0.4, -0.2) is 25.7 Å². The molecule has 0 aliphatic carbocycles. The molecule has 0 amide bonds. The van der Waals surface area contributed by atoms with Gasteiger partial charge in [0.05, 0.1) is 21.8 Å². The van der Waals surface area contributed by atoms with Gasteiger partial charge in [0.1, 0.15) is 11.6 Å². The average molecular weight is 411 g/mol. The van der Waals surface area contributed by atoms with Crippen molar-refractivity contribution < 1.29 is 0 Å². The molecule has 0 bridgehead atoms. The molecule has 2 aromatic heterocycles. The Morgan fingerprint density at radius 2 is 1.10 bits per heavy atom. The lowest BCUT2D eigenvalue weighted by molar-refractivity contribution is 1.06. The van der Waals surface area contributed by atoms with Crippen LogP contribution < -0.4 is 11.1 Å². The van der Waals surface area contributed by atoms with Crippen molar-refractivity contribution in [2.45, 2.75) is 20.8 Å². The molecule has 6 nitrogen and oxygen atoms in total. The summed E-state index contributed by atoms with van der Waals surface area (Å²) in [4.78, 5) is 36.3. The summed E-state index contributed by atoms with van der Waals surface area (Å²) >= 11 is 3.79. The average Bonchev–Trinajstić information content (AvgIpc) is 2.70. The van der Waals surface area contributed by atoms with Gasteiger partial charge < -0.3 is 9.97 Å². The van der Waals surface area contributed by atoms with Crippen LogP contribution in [0.3, 0.4) is 0 Å². The second-order valence-corrected chi connectivity index (χ2v) is 6.29. The maximum Gasteiger partial charge on any atom is 0.258 e. The second-order valence-electron chi connectivity index (χ2n) is 5.65. The SMILES string of the molecule is C=C.CCS.Cc1nc2ccccc2c(=O)[nH]1.Cc1nc2ccccc2c(=O)[nH]1. The fourth-order valence-corrected chi connectivity index (χ4v) is 2.41. The third-order valence-electron chi connectivity index (χ3n) is 3.46. The largest absolute Gasteiger partial charge is 0.310 e. The number of hydrogen-bond acceptors (Lipinski definition) is 5. The number of aryl methyl sites for hydroxylation is 2. The molecule has 2 heterocycles. The first-order chi connectivity index (χ1) is 14.0. The van der Waals surface area contributed by atoms with Gasteiger partial charge in [-0.15, -0.1) is 13.2 Å². The van der Waals surface area contributed by atoms with Crippen molar-refractivity contribution in [1.29, 1.82) is 0 Å². The van der Waals surface area contributed by atoms with Gasteiger partial charge in [-0.2, -0.15) is 12.6 Å². The van der Waals surface area contributed by atoms with E-state index in [-0.39, 0.29) is 11.1 Å². The van der Waals surface area contributed by atoms with Crippen LogP contribution in [-0.2, 0) is 0 Å². The van der Waals surface area contributed by atoms with E-state index >= 15 is 0 Å². The predicted molar refractivity (Wildman–Crippen MR) is 125 cm³/mol. The van der Waals surface area contributed by atoms with E-state index in [2.05, 4.69) is 45.7 Å². The first kappa shape index (κ1) is 23.8. The normalized spacial score (nSPS) is 9.38. The van der Waals surface area contributed by atoms with Gasteiger partial charge in [0.25, 0.3) is 11.1 Å². The monoisotopic (exact) mass is 410 g/mol. The molecule has 0 spiro atoms. The highest BCUT2D eigenvalue weighted by Crippen LogP contribution is 2.05. The van der Waals surface area contributed by atoms with Crippen molar-refractivity contribution in [1.82, 2.24) is 19.9 Å². The number of nitrogens with zero attached hydrogens (tertiary/aromatic N) is 2. The van der Waals surface area contributed by atoms with Crippen molar-refractivity contribution in [2.24, 2.45) is 0 Å². The van der Waals surface area contributed by atoms with Gasteiger partial charge in [0.2, 0.25) is 0 Å². The zero-order valence-corrected chi connectivity index (χ0v) is 17.8. The maximum absolute atomic E-state index is 11.3. The molecule has 4 rings (SSSR count). The van der Waals surface area contributed by atoms with Gasteiger partial charge in [0, 0.05) is 0 Å². The van der Waals surface area contributed by atoms with E-state index in [1.54, 1.807) is 26.0 Å². The number of fused-ring (bicyclic) bond motifs is 2. The van der Waals surface area contributed by atoms with Gasteiger partial charge in [-0.25, -0.2) is 9.97 Å². The van der Waals surface area contributed by atoms with Gasteiger partial charge in [-0.3, -0.25) is 9.59 Å². The summed E-state index contributed by atoms with van der Waals surface area (Å²) in [5.74, 6) is 2.25. The number of benzene rings is 2. The lowest BCUT2D eigenvalue weighted by Crippen LogP contribution is -2.09. The summed E-state index contributed by atoms with van der Waals surface area (Å²) in [6, 6.07) is 14.6. The number of aromatic amines is 2. The number of nitrogens with one attached hydrogen (secondary N) is 2. The first-order valence-corrected chi connectivity index (χ1v) is 9.61. The van der Waals surface area contributed by atoms with Crippen LogP contribution in [0.15, 0.2) is 71.3 Å². The number of thiol groups is 1. The number of aromatic nitrogens is 4. The minimum Gasteiger partial charge on any atom is -0.310 e. The van der Waals surface area contributed by atoms with Crippen molar-refractivity contribution in [3.05, 3.63) is 94.0 Å². The van der Waals surface area contributed by atoms with Crippen molar-refractivity contribution >= 4 is 34.4 Å². The quantitative estimate of drug-likeness (QED) is 0.299. The van der Waals surface area contributed by atoms with E-state index in [0.29, 0.717) is 22.4 Å². The Morgan fingerprint density at radius 1 is 0.793 bits per heavy atom. The Hall–Kier alpha value is -3.19. The smallest absolute Gasteiger partial charge is 0.258 e. The van der Waals surface area contributed by atoms with Crippen LogP contribution in [0, 0.1) is 13.8 Å². The Balaban J connectivity index is 0.000000238. The molecule has 152 valence electrons. The molecule has 0 aliphatic heterocycles. The van der Waals surface area contributed by atoms with Crippen molar-refractivity contribution in [2.75, 3.05) is 5.75 Å². The van der Waals surface area contributed by atoms with Gasteiger partial charge in [-0.05, 0) is 43.9 Å². The lowest BCUT2D eigenvalue weighted by Gasteiger charge is -1.96. The Labute approximate surface area is 175 Å². The van der Waals surface area contributed by atoms with Crippen LogP contribution >= 0.6 is 12.6 Å². The highest BCUT2D eigenvalue weighted by atomic mass is 32.1. The van der Waals surface area contributed by atoms with E-state index in [1.165, 1.54) is 0 Å². The molecule has 0 unspecified atom stereocenters. The first-order valence-electron chi connectivity index (χ1n) is 8.98.